The van der Waals surface area contributed by atoms with Gasteiger partial charge in [0.25, 0.3) is 0 Å². The number of carbonyl (C=O) groups is 1. The van der Waals surface area contributed by atoms with Crippen LogP contribution in [0.5, 0.6) is 5.75 Å². The van der Waals surface area contributed by atoms with Gasteiger partial charge in [-0.3, -0.25) is 9.48 Å². The molecule has 0 bridgehead atoms. The number of ether oxygens (including phenoxy) is 1. The topological polar surface area (TPSA) is 44.1 Å². The van der Waals surface area contributed by atoms with Crippen molar-refractivity contribution in [3.8, 4) is 5.75 Å². The number of rotatable bonds is 4. The summed E-state index contributed by atoms with van der Waals surface area (Å²) in [6, 6.07) is 6.25. The third-order valence-electron chi connectivity index (χ3n) is 2.87. The van der Waals surface area contributed by atoms with Gasteiger partial charge < -0.3 is 4.74 Å². The van der Waals surface area contributed by atoms with Gasteiger partial charge in [-0.2, -0.15) is 5.10 Å². The monoisotopic (exact) mass is 262 g/mol. The van der Waals surface area contributed by atoms with E-state index in [1.54, 1.807) is 19.2 Å². The maximum Gasteiger partial charge on any atom is 0.185 e. The molecule has 0 amide bonds. The Labute approximate surface area is 110 Å². The predicted molar refractivity (Wildman–Crippen MR) is 68.9 cm³/mol. The molecular weight excluding hydrogens is 247 g/mol. The molecule has 0 saturated carbocycles. The number of halogens is 1. The first-order valence-electron chi connectivity index (χ1n) is 5.87. The van der Waals surface area contributed by atoms with Crippen LogP contribution in [0.3, 0.4) is 0 Å². The van der Waals surface area contributed by atoms with Crippen molar-refractivity contribution in [2.45, 2.75) is 13.3 Å². The Morgan fingerprint density at radius 2 is 2.16 bits per heavy atom. The first-order valence-corrected chi connectivity index (χ1v) is 5.87. The molecule has 0 N–H and O–H groups in total. The van der Waals surface area contributed by atoms with Crippen LogP contribution in [-0.2, 0) is 13.5 Å². The van der Waals surface area contributed by atoms with Crippen molar-refractivity contribution in [2.75, 3.05) is 7.11 Å². The number of nitrogens with zero attached hydrogens (tertiary/aromatic N) is 2. The molecular formula is C14H15FN2O2. The van der Waals surface area contributed by atoms with Crippen LogP contribution in [0.1, 0.15) is 21.7 Å². The van der Waals surface area contributed by atoms with Crippen molar-refractivity contribution in [1.82, 2.24) is 9.78 Å². The smallest absolute Gasteiger partial charge is 0.185 e. The van der Waals surface area contributed by atoms with Crippen LogP contribution in [-0.4, -0.2) is 22.7 Å². The highest BCUT2D eigenvalue weighted by Crippen LogP contribution is 2.19. The molecule has 0 aliphatic rings. The summed E-state index contributed by atoms with van der Waals surface area (Å²) in [5, 5.41) is 4.12. The van der Waals surface area contributed by atoms with Gasteiger partial charge in [-0.25, -0.2) is 4.39 Å². The van der Waals surface area contributed by atoms with Gasteiger partial charge in [0.15, 0.2) is 17.3 Å². The van der Waals surface area contributed by atoms with Gasteiger partial charge in [-0.1, -0.05) is 6.07 Å². The van der Waals surface area contributed by atoms with Crippen LogP contribution in [0, 0.1) is 12.7 Å². The summed E-state index contributed by atoms with van der Waals surface area (Å²) in [6.45, 7) is 1.82. The van der Waals surface area contributed by atoms with Gasteiger partial charge >= 0.3 is 0 Å². The summed E-state index contributed by atoms with van der Waals surface area (Å²) in [4.78, 5) is 12.1. The highest BCUT2D eigenvalue weighted by molar-refractivity contribution is 5.96. The molecule has 1 aromatic carbocycles. The highest BCUT2D eigenvalue weighted by atomic mass is 19.1. The van der Waals surface area contributed by atoms with Crippen LogP contribution in [0.15, 0.2) is 24.3 Å². The third-order valence-corrected chi connectivity index (χ3v) is 2.87. The molecule has 4 nitrogen and oxygen atoms in total. The Morgan fingerprint density at radius 3 is 2.68 bits per heavy atom. The molecule has 0 atom stereocenters. The first kappa shape index (κ1) is 13.3. The standard InChI is InChI=1S/C14H15FN2O2/c1-9-6-12(17(2)16-9)13(18)8-10-4-5-14(19-3)11(15)7-10/h4-7H,8H2,1-3H3. The van der Waals surface area contributed by atoms with Crippen molar-refractivity contribution < 1.29 is 13.9 Å². The molecule has 2 aromatic rings. The fraction of sp³-hybridized carbons (Fsp3) is 0.286. The number of hydrogen-bond donors (Lipinski definition) is 0. The van der Waals surface area contributed by atoms with Gasteiger partial charge in [-0.05, 0) is 30.7 Å². The molecule has 1 heterocycles. The number of benzene rings is 1. The summed E-state index contributed by atoms with van der Waals surface area (Å²) in [5.74, 6) is -0.380. The number of hydrogen-bond acceptors (Lipinski definition) is 3. The number of Topliss-reactive ketones (excluding diaryl/α,β-unsaturated/α-hetero) is 1. The molecule has 0 aliphatic heterocycles. The van der Waals surface area contributed by atoms with Crippen LogP contribution < -0.4 is 4.74 Å². The van der Waals surface area contributed by atoms with Crippen LogP contribution in [0.2, 0.25) is 0 Å². The second-order valence-electron chi connectivity index (χ2n) is 4.36. The van der Waals surface area contributed by atoms with Crippen molar-refractivity contribution in [3.63, 3.8) is 0 Å². The lowest BCUT2D eigenvalue weighted by Crippen LogP contribution is -2.09. The van der Waals surface area contributed by atoms with Gasteiger partial charge in [0.05, 0.1) is 12.8 Å². The largest absolute Gasteiger partial charge is 0.494 e. The van der Waals surface area contributed by atoms with Gasteiger partial charge in [0, 0.05) is 13.5 Å². The van der Waals surface area contributed by atoms with Crippen molar-refractivity contribution in [1.29, 1.82) is 0 Å². The van der Waals surface area contributed by atoms with E-state index in [4.69, 9.17) is 4.74 Å². The zero-order valence-corrected chi connectivity index (χ0v) is 11.1. The molecule has 0 aliphatic carbocycles. The summed E-state index contributed by atoms with van der Waals surface area (Å²) in [7, 11) is 3.12. The molecule has 0 spiro atoms. The molecule has 0 fully saturated rings. The summed E-state index contributed by atoms with van der Waals surface area (Å²) >= 11 is 0. The van der Waals surface area contributed by atoms with Gasteiger partial charge in [0.1, 0.15) is 5.69 Å². The van der Waals surface area contributed by atoms with E-state index < -0.39 is 5.82 Å². The second kappa shape index (κ2) is 5.22. The predicted octanol–water partition coefficient (Wildman–Crippen LogP) is 2.30. The van der Waals surface area contributed by atoms with E-state index in [1.165, 1.54) is 23.9 Å². The molecule has 0 unspecified atom stereocenters. The van der Waals surface area contributed by atoms with Gasteiger partial charge in [-0.15, -0.1) is 0 Å². The molecule has 2 rings (SSSR count). The molecule has 0 radical (unpaired) electrons. The minimum atomic E-state index is -0.464. The molecule has 0 saturated heterocycles. The fourth-order valence-electron chi connectivity index (χ4n) is 1.97. The number of methoxy groups -OCH3 is 1. The quantitative estimate of drug-likeness (QED) is 0.794. The third kappa shape index (κ3) is 2.81. The molecule has 1 aromatic heterocycles. The minimum absolute atomic E-state index is 0.0901. The maximum absolute atomic E-state index is 13.5. The number of aromatic nitrogens is 2. The molecule has 19 heavy (non-hydrogen) atoms. The van der Waals surface area contributed by atoms with E-state index in [0.29, 0.717) is 11.3 Å². The zero-order valence-electron chi connectivity index (χ0n) is 11.1. The summed E-state index contributed by atoms with van der Waals surface area (Å²) < 4.78 is 19.9. The molecule has 5 heteroatoms. The summed E-state index contributed by atoms with van der Waals surface area (Å²) in [5.41, 5.74) is 1.92. The van der Waals surface area contributed by atoms with E-state index in [0.717, 1.165) is 5.69 Å². The number of ketones is 1. The lowest BCUT2D eigenvalue weighted by molar-refractivity contribution is 0.0984. The Balaban J connectivity index is 2.19. The van der Waals surface area contributed by atoms with Crippen molar-refractivity contribution in [3.05, 3.63) is 47.0 Å². The number of aryl methyl sites for hydroxylation is 2. The Bertz CT molecular complexity index is 620. The van der Waals surface area contributed by atoms with Crippen LogP contribution in [0.4, 0.5) is 4.39 Å². The second-order valence-corrected chi connectivity index (χ2v) is 4.36. The van der Waals surface area contributed by atoms with Crippen molar-refractivity contribution in [2.24, 2.45) is 7.05 Å². The number of carbonyl (C=O) groups excluding carboxylic acids is 1. The van der Waals surface area contributed by atoms with E-state index in [9.17, 15) is 9.18 Å². The normalized spacial score (nSPS) is 10.5. The van der Waals surface area contributed by atoms with E-state index in [2.05, 4.69) is 5.10 Å². The average Bonchev–Trinajstić information content (AvgIpc) is 2.69. The molecule has 100 valence electrons. The Hall–Kier alpha value is -2.17. The highest BCUT2D eigenvalue weighted by Gasteiger charge is 2.13. The average molecular weight is 262 g/mol. The van der Waals surface area contributed by atoms with E-state index in [1.807, 2.05) is 6.92 Å². The minimum Gasteiger partial charge on any atom is -0.494 e. The van der Waals surface area contributed by atoms with Crippen LogP contribution >= 0.6 is 0 Å². The SMILES string of the molecule is COc1ccc(CC(=O)c2cc(C)nn2C)cc1F. The first-order chi connectivity index (χ1) is 9.01. The lowest BCUT2D eigenvalue weighted by Gasteiger charge is -2.05. The Morgan fingerprint density at radius 1 is 1.42 bits per heavy atom. The fourth-order valence-corrected chi connectivity index (χ4v) is 1.97. The van der Waals surface area contributed by atoms with Crippen molar-refractivity contribution >= 4 is 5.78 Å². The lowest BCUT2D eigenvalue weighted by atomic mass is 10.1. The summed E-state index contributed by atoms with van der Waals surface area (Å²) in [6.07, 6.45) is 0.139. The maximum atomic E-state index is 13.5. The van der Waals surface area contributed by atoms with Gasteiger partial charge in [0.2, 0.25) is 0 Å². The van der Waals surface area contributed by atoms with E-state index in [-0.39, 0.29) is 18.0 Å². The van der Waals surface area contributed by atoms with E-state index >= 15 is 0 Å². The Kier molecular flexibility index (Phi) is 3.64. The zero-order chi connectivity index (χ0) is 14.0. The van der Waals surface area contributed by atoms with Crippen LogP contribution in [0.25, 0.3) is 0 Å².